The highest BCUT2D eigenvalue weighted by Gasteiger charge is 2.36. The number of hydrogen-bond donors (Lipinski definition) is 1. The smallest absolute Gasteiger partial charge is 0.308 e. The summed E-state index contributed by atoms with van der Waals surface area (Å²) in [7, 11) is 0. The highest BCUT2D eigenvalue weighted by Crippen LogP contribution is 2.29. The van der Waals surface area contributed by atoms with E-state index in [9.17, 15) is 9.90 Å². The van der Waals surface area contributed by atoms with Crippen molar-refractivity contribution in [1.82, 2.24) is 9.40 Å². The molecule has 1 aromatic heterocycles. The highest BCUT2D eigenvalue weighted by molar-refractivity contribution is 6.13. The van der Waals surface area contributed by atoms with Crippen molar-refractivity contribution in [3.63, 3.8) is 0 Å². The number of carbonyl (C=O) groups is 1. The molecule has 2 aromatic carbocycles. The first-order chi connectivity index (χ1) is 15.0. The second-order valence-corrected chi connectivity index (χ2v) is 8.35. The molecular formula is C24H25ClN2O4. The summed E-state index contributed by atoms with van der Waals surface area (Å²) in [5, 5.41) is 9.38. The van der Waals surface area contributed by atoms with Crippen molar-refractivity contribution >= 4 is 17.7 Å². The van der Waals surface area contributed by atoms with Crippen LogP contribution in [0.4, 0.5) is 0 Å². The van der Waals surface area contributed by atoms with Crippen LogP contribution in [-0.4, -0.2) is 40.2 Å². The lowest BCUT2D eigenvalue weighted by molar-refractivity contribution is -0.142. The molecule has 4 rings (SSSR count). The maximum absolute atomic E-state index is 11.4. The molecule has 0 unspecified atom stereocenters. The van der Waals surface area contributed by atoms with Gasteiger partial charge in [0.2, 0.25) is 5.89 Å². The standard InChI is InChI=1S/C24H25ClN2O4/c1-16-22(26-23(31-16)18-5-3-2-4-6-18)11-12-30-20-9-7-17(8-10-20)13-19-14-27(25)15-21(19)24(28)29/h2-10,19,21H,11-15H2,1H3,(H,28,29)/t19-,21+/m1/s1. The molecule has 1 aliphatic rings. The topological polar surface area (TPSA) is 75.8 Å². The van der Waals surface area contributed by atoms with Crippen LogP contribution in [0.2, 0.25) is 0 Å². The van der Waals surface area contributed by atoms with E-state index < -0.39 is 11.9 Å². The first kappa shape index (κ1) is 21.4. The minimum atomic E-state index is -0.785. The Hall–Kier alpha value is -2.83. The zero-order valence-electron chi connectivity index (χ0n) is 17.3. The van der Waals surface area contributed by atoms with E-state index in [1.807, 2.05) is 61.5 Å². The molecule has 2 atom stereocenters. The van der Waals surface area contributed by atoms with Gasteiger partial charge in [-0.3, -0.25) is 4.79 Å². The molecule has 0 spiro atoms. The number of rotatable bonds is 8. The fraction of sp³-hybridized carbons (Fsp3) is 0.333. The van der Waals surface area contributed by atoms with Crippen LogP contribution in [0.1, 0.15) is 17.0 Å². The predicted octanol–water partition coefficient (Wildman–Crippen LogP) is 4.60. The van der Waals surface area contributed by atoms with Crippen molar-refractivity contribution in [2.75, 3.05) is 19.7 Å². The van der Waals surface area contributed by atoms with Gasteiger partial charge in [-0.15, -0.1) is 0 Å². The fourth-order valence-electron chi connectivity index (χ4n) is 3.96. The number of ether oxygens (including phenoxy) is 1. The number of oxazole rings is 1. The van der Waals surface area contributed by atoms with E-state index >= 15 is 0 Å². The molecule has 6 nitrogen and oxygen atoms in total. The second-order valence-electron chi connectivity index (χ2n) is 7.87. The van der Waals surface area contributed by atoms with Crippen LogP contribution in [0.3, 0.4) is 0 Å². The Morgan fingerprint density at radius 1 is 1.19 bits per heavy atom. The summed E-state index contributed by atoms with van der Waals surface area (Å²) in [6.07, 6.45) is 1.33. The lowest BCUT2D eigenvalue weighted by Crippen LogP contribution is -2.23. The Bertz CT molecular complexity index is 1020. The van der Waals surface area contributed by atoms with Crippen molar-refractivity contribution in [1.29, 1.82) is 0 Å². The van der Waals surface area contributed by atoms with Crippen LogP contribution in [0.15, 0.2) is 59.0 Å². The number of aliphatic carboxylic acids is 1. The maximum Gasteiger partial charge on any atom is 0.308 e. The molecule has 0 aliphatic carbocycles. The number of nitrogens with zero attached hydrogens (tertiary/aromatic N) is 2. The number of aryl methyl sites for hydroxylation is 1. The number of halogens is 1. The van der Waals surface area contributed by atoms with Gasteiger partial charge in [-0.2, -0.15) is 0 Å². The van der Waals surface area contributed by atoms with Crippen LogP contribution in [-0.2, 0) is 17.6 Å². The zero-order chi connectivity index (χ0) is 21.8. The number of carboxylic acid groups (broad SMARTS) is 1. The van der Waals surface area contributed by atoms with Gasteiger partial charge in [0.15, 0.2) is 0 Å². The average molecular weight is 441 g/mol. The van der Waals surface area contributed by atoms with Crippen LogP contribution >= 0.6 is 11.8 Å². The van der Waals surface area contributed by atoms with Gasteiger partial charge in [0, 0.05) is 25.1 Å². The van der Waals surface area contributed by atoms with Gasteiger partial charge in [-0.05, 0) is 60.9 Å². The molecule has 0 bridgehead atoms. The van der Waals surface area contributed by atoms with E-state index in [-0.39, 0.29) is 5.92 Å². The molecule has 1 N–H and O–H groups in total. The normalized spacial score (nSPS) is 18.9. The first-order valence-corrected chi connectivity index (χ1v) is 10.7. The van der Waals surface area contributed by atoms with Crippen molar-refractivity contribution in [3.8, 4) is 17.2 Å². The molecule has 1 saturated heterocycles. The SMILES string of the molecule is Cc1oc(-c2ccccc2)nc1CCOc1ccc(C[C@@H]2CN(Cl)C[C@@H]2C(=O)O)cc1. The van der Waals surface area contributed by atoms with E-state index in [1.54, 1.807) is 4.42 Å². The van der Waals surface area contributed by atoms with E-state index in [2.05, 4.69) is 4.98 Å². The van der Waals surface area contributed by atoms with Crippen molar-refractivity contribution in [2.24, 2.45) is 11.8 Å². The minimum absolute atomic E-state index is 0.00993. The van der Waals surface area contributed by atoms with Gasteiger partial charge in [0.05, 0.1) is 18.2 Å². The molecule has 0 saturated carbocycles. The zero-order valence-corrected chi connectivity index (χ0v) is 18.1. The van der Waals surface area contributed by atoms with E-state index in [4.69, 9.17) is 20.9 Å². The molecule has 1 aliphatic heterocycles. The summed E-state index contributed by atoms with van der Waals surface area (Å²) in [6, 6.07) is 17.6. The number of hydrogen-bond acceptors (Lipinski definition) is 5. The van der Waals surface area contributed by atoms with Crippen LogP contribution in [0.25, 0.3) is 11.5 Å². The van der Waals surface area contributed by atoms with Gasteiger partial charge in [-0.1, -0.05) is 30.3 Å². The number of carboxylic acids is 1. The molecule has 1 fully saturated rings. The van der Waals surface area contributed by atoms with Crippen molar-refractivity contribution in [2.45, 2.75) is 19.8 Å². The monoisotopic (exact) mass is 440 g/mol. The van der Waals surface area contributed by atoms with Gasteiger partial charge in [-0.25, -0.2) is 9.40 Å². The average Bonchev–Trinajstić information content (AvgIpc) is 3.32. The summed E-state index contributed by atoms with van der Waals surface area (Å²) in [5.74, 6) is 0.992. The second kappa shape index (κ2) is 9.54. The summed E-state index contributed by atoms with van der Waals surface area (Å²) >= 11 is 6.03. The van der Waals surface area contributed by atoms with Gasteiger partial charge >= 0.3 is 5.97 Å². The van der Waals surface area contributed by atoms with Crippen LogP contribution in [0.5, 0.6) is 5.75 Å². The maximum atomic E-state index is 11.4. The van der Waals surface area contributed by atoms with Crippen LogP contribution < -0.4 is 4.74 Å². The Labute approximate surface area is 186 Å². The third-order valence-corrected chi connectivity index (χ3v) is 5.93. The number of benzene rings is 2. The van der Waals surface area contributed by atoms with Crippen molar-refractivity contribution < 1.29 is 19.1 Å². The highest BCUT2D eigenvalue weighted by atomic mass is 35.5. The number of aromatic nitrogens is 1. The summed E-state index contributed by atoms with van der Waals surface area (Å²) in [5.41, 5.74) is 2.93. The van der Waals surface area contributed by atoms with Gasteiger partial charge in [0.25, 0.3) is 0 Å². The van der Waals surface area contributed by atoms with E-state index in [0.29, 0.717) is 38.4 Å². The summed E-state index contributed by atoms with van der Waals surface area (Å²) < 4.78 is 13.2. The Balaban J connectivity index is 1.30. The Morgan fingerprint density at radius 2 is 1.94 bits per heavy atom. The third kappa shape index (κ3) is 5.27. The Morgan fingerprint density at radius 3 is 2.65 bits per heavy atom. The van der Waals surface area contributed by atoms with Crippen LogP contribution in [0, 0.1) is 18.8 Å². The quantitative estimate of drug-likeness (QED) is 0.516. The molecule has 0 radical (unpaired) electrons. The molecular weight excluding hydrogens is 416 g/mol. The third-order valence-electron chi connectivity index (χ3n) is 5.66. The lowest BCUT2D eigenvalue weighted by atomic mass is 9.90. The predicted molar refractivity (Wildman–Crippen MR) is 118 cm³/mol. The lowest BCUT2D eigenvalue weighted by Gasteiger charge is -2.14. The van der Waals surface area contributed by atoms with Gasteiger partial charge in [0.1, 0.15) is 11.5 Å². The summed E-state index contributed by atoms with van der Waals surface area (Å²) in [4.78, 5) is 16.0. The largest absolute Gasteiger partial charge is 0.493 e. The summed E-state index contributed by atoms with van der Waals surface area (Å²) in [6.45, 7) is 3.37. The molecule has 31 heavy (non-hydrogen) atoms. The van der Waals surface area contributed by atoms with Gasteiger partial charge < -0.3 is 14.3 Å². The first-order valence-electron chi connectivity index (χ1n) is 10.4. The van der Waals surface area contributed by atoms with Crippen molar-refractivity contribution in [3.05, 3.63) is 71.6 Å². The van der Waals surface area contributed by atoms with E-state index in [1.165, 1.54) is 0 Å². The molecule has 0 amide bonds. The molecule has 3 aromatic rings. The minimum Gasteiger partial charge on any atom is -0.493 e. The van der Waals surface area contributed by atoms with E-state index in [0.717, 1.165) is 28.3 Å². The molecule has 2 heterocycles. The molecule has 162 valence electrons. The fourth-order valence-corrected chi connectivity index (χ4v) is 4.29. The Kier molecular flexibility index (Phi) is 6.59. The molecule has 7 heteroatoms.